The van der Waals surface area contributed by atoms with Crippen LogP contribution in [0.2, 0.25) is 0 Å². The lowest BCUT2D eigenvalue weighted by atomic mass is 10.0. The Morgan fingerprint density at radius 1 is 1.08 bits per heavy atom. The number of nitrogens with zero attached hydrogens (tertiary/aromatic N) is 2. The molecule has 0 saturated carbocycles. The van der Waals surface area contributed by atoms with Crippen molar-refractivity contribution in [1.29, 1.82) is 0 Å². The van der Waals surface area contributed by atoms with E-state index in [9.17, 15) is 9.18 Å². The van der Waals surface area contributed by atoms with Crippen LogP contribution in [-0.2, 0) is 6.42 Å². The molecule has 2 aromatic carbocycles. The fourth-order valence-electron chi connectivity index (χ4n) is 3.26. The minimum Gasteiger partial charge on any atom is -0.340 e. The number of amides is 1. The maximum Gasteiger partial charge on any atom is 0.257 e. The minimum atomic E-state index is -0.463. The summed E-state index contributed by atoms with van der Waals surface area (Å²) in [5, 5.41) is 2.60. The molecule has 1 aliphatic heterocycles. The van der Waals surface area contributed by atoms with Crippen LogP contribution in [0.15, 0.2) is 67.0 Å². The minimum absolute atomic E-state index is 0.159. The summed E-state index contributed by atoms with van der Waals surface area (Å²) >= 11 is 0. The van der Waals surface area contributed by atoms with Gasteiger partial charge in [0.1, 0.15) is 5.82 Å². The summed E-state index contributed by atoms with van der Waals surface area (Å²) in [4.78, 5) is 18.9. The molecular formula is C21H18FN3O. The van der Waals surface area contributed by atoms with Crippen LogP contribution in [-0.4, -0.2) is 17.4 Å². The van der Waals surface area contributed by atoms with Crippen molar-refractivity contribution in [3.05, 3.63) is 83.9 Å². The number of rotatable bonds is 3. The summed E-state index contributed by atoms with van der Waals surface area (Å²) in [5.74, 6) is -0.843. The van der Waals surface area contributed by atoms with E-state index in [1.165, 1.54) is 23.9 Å². The zero-order valence-corrected chi connectivity index (χ0v) is 14.2. The third-order valence-corrected chi connectivity index (χ3v) is 4.53. The van der Waals surface area contributed by atoms with Gasteiger partial charge in [-0.3, -0.25) is 9.78 Å². The molecule has 0 spiro atoms. The number of carbonyl (C=O) groups excluding carboxylic acids is 1. The maximum absolute atomic E-state index is 13.8. The molecule has 0 atom stereocenters. The Morgan fingerprint density at radius 3 is 2.77 bits per heavy atom. The van der Waals surface area contributed by atoms with Gasteiger partial charge in [0.2, 0.25) is 0 Å². The summed E-state index contributed by atoms with van der Waals surface area (Å²) in [6.45, 7) is 0.872. The summed E-state index contributed by atoms with van der Waals surface area (Å²) in [6, 6.07) is 16.2. The lowest BCUT2D eigenvalue weighted by molar-refractivity contribution is 0.102. The van der Waals surface area contributed by atoms with Gasteiger partial charge in [0, 0.05) is 18.4 Å². The van der Waals surface area contributed by atoms with Crippen LogP contribution in [0, 0.1) is 5.82 Å². The van der Waals surface area contributed by atoms with Gasteiger partial charge in [-0.2, -0.15) is 0 Å². The number of hydrogen-bond acceptors (Lipinski definition) is 3. The molecule has 1 N–H and O–H groups in total. The summed E-state index contributed by atoms with van der Waals surface area (Å²) in [7, 11) is 0. The van der Waals surface area contributed by atoms with E-state index in [2.05, 4.69) is 27.3 Å². The fraction of sp³-hybridized carbons (Fsp3) is 0.143. The Kier molecular flexibility index (Phi) is 4.35. The third-order valence-electron chi connectivity index (χ3n) is 4.53. The molecule has 4 nitrogen and oxygen atoms in total. The smallest absolute Gasteiger partial charge is 0.257 e. The van der Waals surface area contributed by atoms with Crippen LogP contribution in [0.25, 0.3) is 0 Å². The summed E-state index contributed by atoms with van der Waals surface area (Å²) in [5.41, 5.74) is 3.85. The van der Waals surface area contributed by atoms with Crippen molar-refractivity contribution < 1.29 is 9.18 Å². The van der Waals surface area contributed by atoms with Crippen molar-refractivity contribution in [3.63, 3.8) is 0 Å². The van der Waals surface area contributed by atoms with Crippen molar-refractivity contribution in [2.45, 2.75) is 12.8 Å². The van der Waals surface area contributed by atoms with Crippen LogP contribution >= 0.6 is 0 Å². The monoisotopic (exact) mass is 347 g/mol. The molecule has 0 aliphatic carbocycles. The molecule has 5 heteroatoms. The Balaban J connectivity index is 1.62. The number of aromatic nitrogens is 1. The van der Waals surface area contributed by atoms with Crippen molar-refractivity contribution in [2.75, 3.05) is 16.8 Å². The number of benzene rings is 2. The van der Waals surface area contributed by atoms with Crippen molar-refractivity contribution in [3.8, 4) is 0 Å². The zero-order valence-electron chi connectivity index (χ0n) is 14.2. The average Bonchev–Trinajstić information content (AvgIpc) is 2.69. The highest BCUT2D eigenvalue weighted by molar-refractivity contribution is 6.04. The van der Waals surface area contributed by atoms with Crippen LogP contribution < -0.4 is 10.2 Å². The first-order chi connectivity index (χ1) is 12.7. The second-order valence-corrected chi connectivity index (χ2v) is 6.25. The van der Waals surface area contributed by atoms with Gasteiger partial charge >= 0.3 is 0 Å². The number of nitrogens with one attached hydrogen (secondary N) is 1. The number of para-hydroxylation sites is 2. The molecule has 1 amide bonds. The maximum atomic E-state index is 13.8. The van der Waals surface area contributed by atoms with Crippen molar-refractivity contribution >= 4 is 23.0 Å². The van der Waals surface area contributed by atoms with Gasteiger partial charge in [-0.25, -0.2) is 4.39 Å². The predicted octanol–water partition coefficient (Wildman–Crippen LogP) is 4.56. The normalized spacial score (nSPS) is 13.2. The molecule has 3 aromatic rings. The van der Waals surface area contributed by atoms with E-state index in [-0.39, 0.29) is 11.6 Å². The second-order valence-electron chi connectivity index (χ2n) is 6.25. The highest BCUT2D eigenvalue weighted by atomic mass is 19.1. The molecule has 0 bridgehead atoms. The lowest BCUT2D eigenvalue weighted by Crippen LogP contribution is -2.25. The topological polar surface area (TPSA) is 45.2 Å². The molecule has 0 radical (unpaired) electrons. The van der Waals surface area contributed by atoms with Crippen LogP contribution in [0.5, 0.6) is 0 Å². The number of pyridine rings is 1. The highest BCUT2D eigenvalue weighted by Crippen LogP contribution is 2.33. The molecular weight excluding hydrogens is 329 g/mol. The van der Waals surface area contributed by atoms with Crippen molar-refractivity contribution in [1.82, 2.24) is 4.98 Å². The van der Waals surface area contributed by atoms with Gasteiger partial charge in [0.15, 0.2) is 0 Å². The molecule has 0 unspecified atom stereocenters. The van der Waals surface area contributed by atoms with Crippen molar-refractivity contribution in [2.24, 2.45) is 0 Å². The standard InChI is InChI=1S/C21H18FN3O/c22-18-8-2-3-9-19(18)24-21(26)16-12-17(14-23-13-16)25-11-5-7-15-6-1-4-10-20(15)25/h1-4,6,8-10,12-14H,5,7,11H2,(H,24,26). The molecule has 2 heterocycles. The van der Waals surface area contributed by atoms with E-state index in [1.54, 1.807) is 24.4 Å². The van der Waals surface area contributed by atoms with E-state index >= 15 is 0 Å². The number of carbonyl (C=O) groups is 1. The first kappa shape index (κ1) is 16.3. The average molecular weight is 347 g/mol. The summed E-state index contributed by atoms with van der Waals surface area (Å²) < 4.78 is 13.8. The van der Waals surface area contributed by atoms with Gasteiger partial charge in [-0.1, -0.05) is 30.3 Å². The Labute approximate surface area is 151 Å². The Bertz CT molecular complexity index is 957. The molecule has 26 heavy (non-hydrogen) atoms. The zero-order chi connectivity index (χ0) is 17.9. The molecule has 0 saturated heterocycles. The molecule has 4 rings (SSSR count). The summed E-state index contributed by atoms with van der Waals surface area (Å²) in [6.07, 6.45) is 5.34. The van der Waals surface area contributed by atoms with Gasteiger partial charge in [0.05, 0.1) is 23.1 Å². The lowest BCUT2D eigenvalue weighted by Gasteiger charge is -2.31. The predicted molar refractivity (Wildman–Crippen MR) is 100 cm³/mol. The van der Waals surface area contributed by atoms with E-state index in [4.69, 9.17) is 0 Å². The first-order valence-corrected chi connectivity index (χ1v) is 8.59. The molecule has 0 fully saturated rings. The Morgan fingerprint density at radius 2 is 1.88 bits per heavy atom. The molecule has 130 valence electrons. The van der Waals surface area contributed by atoms with Gasteiger partial charge in [-0.05, 0) is 42.7 Å². The fourth-order valence-corrected chi connectivity index (χ4v) is 3.26. The van der Waals surface area contributed by atoms with Crippen LogP contribution in [0.1, 0.15) is 22.3 Å². The van der Waals surface area contributed by atoms with E-state index < -0.39 is 5.82 Å². The number of hydrogen-bond donors (Lipinski definition) is 1. The highest BCUT2D eigenvalue weighted by Gasteiger charge is 2.19. The number of fused-ring (bicyclic) bond motifs is 1. The SMILES string of the molecule is O=C(Nc1ccccc1F)c1cncc(N2CCCc3ccccc32)c1. The van der Waals surface area contributed by atoms with E-state index in [0.717, 1.165) is 30.8 Å². The Hall–Kier alpha value is -3.21. The molecule has 1 aliphatic rings. The largest absolute Gasteiger partial charge is 0.340 e. The third kappa shape index (κ3) is 3.16. The van der Waals surface area contributed by atoms with E-state index in [0.29, 0.717) is 5.56 Å². The number of aryl methyl sites for hydroxylation is 1. The van der Waals surface area contributed by atoms with Crippen LogP contribution in [0.4, 0.5) is 21.5 Å². The first-order valence-electron chi connectivity index (χ1n) is 8.59. The van der Waals surface area contributed by atoms with E-state index in [1.807, 2.05) is 12.1 Å². The van der Waals surface area contributed by atoms with Crippen LogP contribution in [0.3, 0.4) is 0 Å². The molecule has 1 aromatic heterocycles. The van der Waals surface area contributed by atoms with Gasteiger partial charge in [-0.15, -0.1) is 0 Å². The second kappa shape index (κ2) is 6.96. The quantitative estimate of drug-likeness (QED) is 0.755. The number of halogens is 1. The van der Waals surface area contributed by atoms with Gasteiger partial charge in [0.25, 0.3) is 5.91 Å². The van der Waals surface area contributed by atoms with Gasteiger partial charge < -0.3 is 10.2 Å². The number of anilines is 3.